The Hall–Kier alpha value is -2.10. The number of nitrogens with zero attached hydrogens (tertiary/aromatic N) is 1. The summed E-state index contributed by atoms with van der Waals surface area (Å²) in [6, 6.07) is 10.1. The Bertz CT molecular complexity index is 576. The van der Waals surface area contributed by atoms with Crippen molar-refractivity contribution >= 4 is 5.91 Å². The molecule has 0 atom stereocenters. The average Bonchev–Trinajstić information content (AvgIpc) is 3.11. The lowest BCUT2D eigenvalue weighted by atomic mass is 10.2. The Kier molecular flexibility index (Phi) is 3.07. The van der Waals surface area contributed by atoms with Gasteiger partial charge in [0.25, 0.3) is 5.91 Å². The molecule has 3 rings (SSSR count). The van der Waals surface area contributed by atoms with Gasteiger partial charge < -0.3 is 9.32 Å². The number of hydrogen-bond acceptors (Lipinski definition) is 2. The van der Waals surface area contributed by atoms with Crippen LogP contribution in [0.25, 0.3) is 0 Å². The molecule has 1 aliphatic carbocycles. The molecule has 0 spiro atoms. The van der Waals surface area contributed by atoms with Gasteiger partial charge in [-0.3, -0.25) is 4.79 Å². The first kappa shape index (κ1) is 12.0. The fourth-order valence-electron chi connectivity index (χ4n) is 2.10. The van der Waals surface area contributed by atoms with Crippen LogP contribution in [0.4, 0.5) is 4.39 Å². The summed E-state index contributed by atoms with van der Waals surface area (Å²) in [5.41, 5.74) is 0.536. The van der Waals surface area contributed by atoms with E-state index in [1.807, 2.05) is 0 Å². The molecule has 2 aromatic rings. The van der Waals surface area contributed by atoms with Crippen LogP contribution in [0.15, 0.2) is 47.1 Å². The summed E-state index contributed by atoms with van der Waals surface area (Å²) in [7, 11) is 0. The van der Waals surface area contributed by atoms with Gasteiger partial charge in [-0.05, 0) is 31.0 Å². The summed E-state index contributed by atoms with van der Waals surface area (Å²) in [4.78, 5) is 14.0. The van der Waals surface area contributed by atoms with Crippen molar-refractivity contribution in [2.45, 2.75) is 25.4 Å². The molecule has 1 fully saturated rings. The Labute approximate surface area is 110 Å². The predicted molar refractivity (Wildman–Crippen MR) is 68.0 cm³/mol. The first-order chi connectivity index (χ1) is 9.25. The maximum Gasteiger partial charge on any atom is 0.290 e. The first-order valence-electron chi connectivity index (χ1n) is 6.33. The highest BCUT2D eigenvalue weighted by Crippen LogP contribution is 2.30. The third kappa shape index (κ3) is 2.52. The molecule has 0 radical (unpaired) electrons. The molecule has 1 aromatic carbocycles. The minimum absolute atomic E-state index is 0.171. The maximum absolute atomic E-state index is 13.7. The Morgan fingerprint density at radius 3 is 2.68 bits per heavy atom. The normalized spacial score (nSPS) is 14.4. The van der Waals surface area contributed by atoms with Crippen molar-refractivity contribution in [3.8, 4) is 0 Å². The van der Waals surface area contributed by atoms with Gasteiger partial charge in [-0.25, -0.2) is 4.39 Å². The third-order valence-corrected chi connectivity index (χ3v) is 3.28. The second-order valence-corrected chi connectivity index (χ2v) is 4.73. The highest BCUT2D eigenvalue weighted by molar-refractivity contribution is 5.91. The van der Waals surface area contributed by atoms with Gasteiger partial charge in [0.05, 0.1) is 6.26 Å². The zero-order valence-corrected chi connectivity index (χ0v) is 10.4. The van der Waals surface area contributed by atoms with Crippen LogP contribution in [0.3, 0.4) is 0 Å². The van der Waals surface area contributed by atoms with Gasteiger partial charge in [0, 0.05) is 18.2 Å². The van der Waals surface area contributed by atoms with E-state index in [0.29, 0.717) is 11.3 Å². The van der Waals surface area contributed by atoms with Crippen molar-refractivity contribution in [3.05, 3.63) is 59.8 Å². The van der Waals surface area contributed by atoms with Crippen LogP contribution in [-0.2, 0) is 6.54 Å². The number of amides is 1. The predicted octanol–water partition coefficient (Wildman–Crippen LogP) is 3.22. The third-order valence-electron chi connectivity index (χ3n) is 3.28. The number of carbonyl (C=O) groups is 1. The van der Waals surface area contributed by atoms with Crippen molar-refractivity contribution in [1.82, 2.24) is 4.90 Å². The highest BCUT2D eigenvalue weighted by Gasteiger charge is 2.34. The summed E-state index contributed by atoms with van der Waals surface area (Å²) in [5.74, 6) is -0.139. The molecule has 1 heterocycles. The fourth-order valence-corrected chi connectivity index (χ4v) is 2.10. The van der Waals surface area contributed by atoms with Gasteiger partial charge in [-0.15, -0.1) is 0 Å². The number of hydrogen-bond donors (Lipinski definition) is 0. The van der Waals surface area contributed by atoms with Gasteiger partial charge >= 0.3 is 0 Å². The number of furan rings is 1. The summed E-state index contributed by atoms with van der Waals surface area (Å²) in [6.45, 7) is 0.289. The summed E-state index contributed by atoms with van der Waals surface area (Å²) < 4.78 is 18.8. The van der Waals surface area contributed by atoms with E-state index >= 15 is 0 Å². The van der Waals surface area contributed by atoms with Gasteiger partial charge in [0.15, 0.2) is 5.76 Å². The summed E-state index contributed by atoms with van der Waals surface area (Å²) in [5, 5.41) is 0. The number of benzene rings is 1. The van der Waals surface area contributed by atoms with Crippen LogP contribution in [0.5, 0.6) is 0 Å². The lowest BCUT2D eigenvalue weighted by Gasteiger charge is -2.21. The van der Waals surface area contributed by atoms with Crippen LogP contribution in [0, 0.1) is 5.82 Å². The van der Waals surface area contributed by atoms with E-state index < -0.39 is 0 Å². The molecule has 0 bridgehead atoms. The van der Waals surface area contributed by atoms with Crippen LogP contribution in [-0.4, -0.2) is 16.8 Å². The molecule has 0 unspecified atom stereocenters. The Balaban J connectivity index is 1.82. The first-order valence-corrected chi connectivity index (χ1v) is 6.33. The van der Waals surface area contributed by atoms with Gasteiger partial charge in [0.1, 0.15) is 5.82 Å². The molecular weight excluding hydrogens is 245 g/mol. The second-order valence-electron chi connectivity index (χ2n) is 4.73. The van der Waals surface area contributed by atoms with E-state index in [1.54, 1.807) is 35.2 Å². The van der Waals surface area contributed by atoms with Gasteiger partial charge in [-0.1, -0.05) is 18.2 Å². The fraction of sp³-hybridized carbons (Fsp3) is 0.267. The monoisotopic (exact) mass is 259 g/mol. The van der Waals surface area contributed by atoms with Crippen LogP contribution >= 0.6 is 0 Å². The van der Waals surface area contributed by atoms with Crippen LogP contribution in [0.1, 0.15) is 29.0 Å². The SMILES string of the molecule is O=C(c1ccco1)N(Cc1ccccc1F)C1CC1. The summed E-state index contributed by atoms with van der Waals surface area (Å²) in [6.07, 6.45) is 3.42. The topological polar surface area (TPSA) is 33.5 Å². The van der Waals surface area contributed by atoms with E-state index in [4.69, 9.17) is 4.42 Å². The minimum Gasteiger partial charge on any atom is -0.459 e. The molecule has 0 aliphatic heterocycles. The van der Waals surface area contributed by atoms with E-state index in [0.717, 1.165) is 12.8 Å². The van der Waals surface area contributed by atoms with E-state index in [2.05, 4.69) is 0 Å². The molecule has 4 heteroatoms. The zero-order chi connectivity index (χ0) is 13.2. The summed E-state index contributed by atoms with van der Waals surface area (Å²) >= 11 is 0. The Morgan fingerprint density at radius 2 is 2.05 bits per heavy atom. The molecule has 19 heavy (non-hydrogen) atoms. The number of halogens is 1. The smallest absolute Gasteiger partial charge is 0.290 e. The maximum atomic E-state index is 13.7. The van der Waals surface area contributed by atoms with Crippen molar-refractivity contribution in [3.63, 3.8) is 0 Å². The molecule has 98 valence electrons. The molecule has 1 saturated carbocycles. The van der Waals surface area contributed by atoms with E-state index in [-0.39, 0.29) is 24.3 Å². The lowest BCUT2D eigenvalue weighted by Crippen LogP contribution is -2.32. The molecular formula is C15H14FNO2. The largest absolute Gasteiger partial charge is 0.459 e. The van der Waals surface area contributed by atoms with Crippen LogP contribution < -0.4 is 0 Å². The number of carbonyl (C=O) groups excluding carboxylic acids is 1. The molecule has 1 aromatic heterocycles. The van der Waals surface area contributed by atoms with Crippen molar-refractivity contribution in [2.75, 3.05) is 0 Å². The molecule has 1 amide bonds. The molecule has 0 saturated heterocycles. The van der Waals surface area contributed by atoms with E-state index in [1.165, 1.54) is 12.3 Å². The highest BCUT2D eigenvalue weighted by atomic mass is 19.1. The number of rotatable bonds is 4. The quantitative estimate of drug-likeness (QED) is 0.844. The Morgan fingerprint density at radius 1 is 1.26 bits per heavy atom. The van der Waals surface area contributed by atoms with Crippen LogP contribution in [0.2, 0.25) is 0 Å². The zero-order valence-electron chi connectivity index (χ0n) is 10.4. The van der Waals surface area contributed by atoms with Crippen molar-refractivity contribution < 1.29 is 13.6 Å². The second kappa shape index (κ2) is 4.88. The van der Waals surface area contributed by atoms with Crippen molar-refractivity contribution in [2.24, 2.45) is 0 Å². The van der Waals surface area contributed by atoms with Gasteiger partial charge in [0.2, 0.25) is 0 Å². The molecule has 0 N–H and O–H groups in total. The van der Waals surface area contributed by atoms with Gasteiger partial charge in [-0.2, -0.15) is 0 Å². The standard InChI is InChI=1S/C15H14FNO2/c16-13-5-2-1-4-11(13)10-17(12-7-8-12)15(18)14-6-3-9-19-14/h1-6,9,12H,7-8,10H2. The minimum atomic E-state index is -0.277. The lowest BCUT2D eigenvalue weighted by molar-refractivity contribution is 0.0696. The van der Waals surface area contributed by atoms with E-state index in [9.17, 15) is 9.18 Å². The molecule has 1 aliphatic rings. The molecule has 3 nitrogen and oxygen atoms in total. The van der Waals surface area contributed by atoms with Crippen molar-refractivity contribution in [1.29, 1.82) is 0 Å². The average molecular weight is 259 g/mol.